The molecule has 0 saturated heterocycles. The number of pyridine rings is 1. The lowest BCUT2D eigenvalue weighted by atomic mass is 10.0. The summed E-state index contributed by atoms with van der Waals surface area (Å²) in [5, 5.41) is 0. The lowest BCUT2D eigenvalue weighted by Gasteiger charge is -2.21. The highest BCUT2D eigenvalue weighted by atomic mass is 16.2. The Balaban J connectivity index is 1.96. The van der Waals surface area contributed by atoms with Gasteiger partial charge in [-0.3, -0.25) is 9.78 Å². The molecular weight excluding hydrogens is 272 g/mol. The number of nitrogens with zero attached hydrogens (tertiary/aromatic N) is 2. The molecule has 3 heteroatoms. The quantitative estimate of drug-likeness (QED) is 0.819. The van der Waals surface area contributed by atoms with Crippen molar-refractivity contribution in [1.82, 2.24) is 9.88 Å². The summed E-state index contributed by atoms with van der Waals surface area (Å²) < 4.78 is 0. The van der Waals surface area contributed by atoms with Crippen molar-refractivity contribution in [2.45, 2.75) is 33.6 Å². The second-order valence-corrected chi connectivity index (χ2v) is 5.69. The van der Waals surface area contributed by atoms with Crippen LogP contribution in [0.2, 0.25) is 0 Å². The number of amides is 1. The van der Waals surface area contributed by atoms with Crippen molar-refractivity contribution in [2.24, 2.45) is 0 Å². The van der Waals surface area contributed by atoms with Gasteiger partial charge in [0.2, 0.25) is 5.91 Å². The Morgan fingerprint density at radius 3 is 2.50 bits per heavy atom. The molecule has 1 aromatic carbocycles. The van der Waals surface area contributed by atoms with E-state index < -0.39 is 0 Å². The van der Waals surface area contributed by atoms with E-state index in [-0.39, 0.29) is 5.91 Å². The number of aryl methyl sites for hydroxylation is 2. The molecule has 0 N–H and O–H groups in total. The van der Waals surface area contributed by atoms with E-state index in [0.717, 1.165) is 25.1 Å². The third kappa shape index (κ3) is 4.42. The third-order valence-electron chi connectivity index (χ3n) is 3.99. The number of hydrogen-bond donors (Lipinski definition) is 0. The first-order valence-corrected chi connectivity index (χ1v) is 7.83. The van der Waals surface area contributed by atoms with Crippen LogP contribution in [-0.4, -0.2) is 28.9 Å². The summed E-state index contributed by atoms with van der Waals surface area (Å²) >= 11 is 0. The van der Waals surface area contributed by atoms with Gasteiger partial charge in [-0.15, -0.1) is 0 Å². The van der Waals surface area contributed by atoms with Crippen LogP contribution in [0.3, 0.4) is 0 Å². The summed E-state index contributed by atoms with van der Waals surface area (Å²) in [4.78, 5) is 18.5. The Labute approximate surface area is 133 Å². The van der Waals surface area contributed by atoms with Gasteiger partial charge in [0, 0.05) is 25.5 Å². The molecule has 0 aliphatic carbocycles. The predicted molar refractivity (Wildman–Crippen MR) is 89.8 cm³/mol. The first kappa shape index (κ1) is 16.2. The zero-order valence-electron chi connectivity index (χ0n) is 13.7. The maximum absolute atomic E-state index is 12.5. The average Bonchev–Trinajstić information content (AvgIpc) is 2.52. The zero-order chi connectivity index (χ0) is 15.9. The molecule has 0 radical (unpaired) electrons. The zero-order valence-corrected chi connectivity index (χ0v) is 13.7. The first-order chi connectivity index (χ1) is 10.6. The molecule has 0 aliphatic rings. The van der Waals surface area contributed by atoms with Gasteiger partial charge < -0.3 is 4.90 Å². The van der Waals surface area contributed by atoms with Crippen LogP contribution in [0.25, 0.3) is 0 Å². The molecule has 0 bridgehead atoms. The monoisotopic (exact) mass is 296 g/mol. The fourth-order valence-corrected chi connectivity index (χ4v) is 2.59. The summed E-state index contributed by atoms with van der Waals surface area (Å²) in [5.41, 5.74) is 4.77. The Morgan fingerprint density at radius 1 is 1.14 bits per heavy atom. The molecule has 0 fully saturated rings. The Bertz CT molecular complexity index is 623. The summed E-state index contributed by atoms with van der Waals surface area (Å²) in [6.07, 6.45) is 4.94. The fourth-order valence-electron chi connectivity index (χ4n) is 2.59. The summed E-state index contributed by atoms with van der Waals surface area (Å²) in [6, 6.07) is 10.3. The van der Waals surface area contributed by atoms with Gasteiger partial charge in [0.15, 0.2) is 0 Å². The van der Waals surface area contributed by atoms with Gasteiger partial charge in [-0.05, 0) is 56.0 Å². The van der Waals surface area contributed by atoms with Crippen LogP contribution in [0.4, 0.5) is 0 Å². The van der Waals surface area contributed by atoms with Gasteiger partial charge in [0.1, 0.15) is 0 Å². The van der Waals surface area contributed by atoms with Gasteiger partial charge in [-0.2, -0.15) is 0 Å². The molecule has 22 heavy (non-hydrogen) atoms. The molecule has 0 saturated carbocycles. The van der Waals surface area contributed by atoms with Crippen LogP contribution in [0.1, 0.15) is 29.2 Å². The van der Waals surface area contributed by atoms with Crippen LogP contribution in [0, 0.1) is 13.8 Å². The standard InChI is InChI=1S/C19H24N2O/c1-4-21(12-9-17-7-10-20-11-8-17)19(22)14-18-6-5-15(2)13-16(18)3/h5-8,10-11,13H,4,9,12,14H2,1-3H3. The van der Waals surface area contributed by atoms with Crippen LogP contribution >= 0.6 is 0 Å². The Kier molecular flexibility index (Phi) is 5.70. The van der Waals surface area contributed by atoms with Crippen molar-refractivity contribution >= 4 is 5.91 Å². The topological polar surface area (TPSA) is 33.2 Å². The van der Waals surface area contributed by atoms with Gasteiger partial charge in [-0.1, -0.05) is 23.8 Å². The summed E-state index contributed by atoms with van der Waals surface area (Å²) in [7, 11) is 0. The number of rotatable bonds is 6. The van der Waals surface area contributed by atoms with Gasteiger partial charge in [0.05, 0.1) is 6.42 Å². The molecule has 1 aromatic heterocycles. The number of aromatic nitrogens is 1. The van der Waals surface area contributed by atoms with Crippen LogP contribution in [0.15, 0.2) is 42.7 Å². The van der Waals surface area contributed by atoms with Crippen molar-refractivity contribution in [3.63, 3.8) is 0 Å². The minimum absolute atomic E-state index is 0.198. The molecule has 0 atom stereocenters. The van der Waals surface area contributed by atoms with E-state index in [2.05, 4.69) is 37.0 Å². The fraction of sp³-hybridized carbons (Fsp3) is 0.368. The van der Waals surface area contributed by atoms with Gasteiger partial charge in [-0.25, -0.2) is 0 Å². The smallest absolute Gasteiger partial charge is 0.227 e. The van der Waals surface area contributed by atoms with E-state index >= 15 is 0 Å². The average molecular weight is 296 g/mol. The van der Waals surface area contributed by atoms with E-state index in [1.54, 1.807) is 12.4 Å². The second-order valence-electron chi connectivity index (χ2n) is 5.69. The molecule has 2 rings (SSSR count). The van der Waals surface area contributed by atoms with Crippen molar-refractivity contribution in [1.29, 1.82) is 0 Å². The lowest BCUT2D eigenvalue weighted by Crippen LogP contribution is -2.34. The highest BCUT2D eigenvalue weighted by Gasteiger charge is 2.13. The molecule has 2 aromatic rings. The van der Waals surface area contributed by atoms with Gasteiger partial charge in [0.25, 0.3) is 0 Å². The highest BCUT2D eigenvalue weighted by Crippen LogP contribution is 2.12. The van der Waals surface area contributed by atoms with Crippen LogP contribution in [0.5, 0.6) is 0 Å². The largest absolute Gasteiger partial charge is 0.342 e. The number of benzene rings is 1. The molecular formula is C19H24N2O. The second kappa shape index (κ2) is 7.74. The van der Waals surface area contributed by atoms with E-state index in [9.17, 15) is 4.79 Å². The first-order valence-electron chi connectivity index (χ1n) is 7.83. The number of carbonyl (C=O) groups is 1. The van der Waals surface area contributed by atoms with E-state index in [4.69, 9.17) is 0 Å². The van der Waals surface area contributed by atoms with E-state index in [1.165, 1.54) is 16.7 Å². The van der Waals surface area contributed by atoms with Gasteiger partial charge >= 0.3 is 0 Å². The third-order valence-corrected chi connectivity index (χ3v) is 3.99. The summed E-state index contributed by atoms with van der Waals surface area (Å²) in [6.45, 7) is 7.68. The number of hydrogen-bond acceptors (Lipinski definition) is 2. The van der Waals surface area contributed by atoms with Crippen LogP contribution in [-0.2, 0) is 17.6 Å². The molecule has 0 aliphatic heterocycles. The van der Waals surface area contributed by atoms with E-state index in [1.807, 2.05) is 24.0 Å². The van der Waals surface area contributed by atoms with Crippen molar-refractivity contribution in [2.75, 3.05) is 13.1 Å². The number of carbonyl (C=O) groups excluding carboxylic acids is 1. The molecule has 0 unspecified atom stereocenters. The minimum atomic E-state index is 0.198. The lowest BCUT2D eigenvalue weighted by molar-refractivity contribution is -0.130. The summed E-state index contributed by atoms with van der Waals surface area (Å²) in [5.74, 6) is 0.198. The SMILES string of the molecule is CCN(CCc1ccncc1)C(=O)Cc1ccc(C)cc1C. The van der Waals surface area contributed by atoms with E-state index in [0.29, 0.717) is 6.42 Å². The van der Waals surface area contributed by atoms with Crippen LogP contribution < -0.4 is 0 Å². The normalized spacial score (nSPS) is 10.5. The molecule has 116 valence electrons. The Morgan fingerprint density at radius 2 is 1.86 bits per heavy atom. The molecule has 1 amide bonds. The molecule has 0 spiro atoms. The maximum atomic E-state index is 12.5. The minimum Gasteiger partial charge on any atom is -0.342 e. The molecule has 1 heterocycles. The highest BCUT2D eigenvalue weighted by molar-refractivity contribution is 5.79. The van der Waals surface area contributed by atoms with Crippen molar-refractivity contribution in [3.05, 3.63) is 65.0 Å². The Hall–Kier alpha value is -2.16. The van der Waals surface area contributed by atoms with Crippen molar-refractivity contribution < 1.29 is 4.79 Å². The van der Waals surface area contributed by atoms with Crippen molar-refractivity contribution in [3.8, 4) is 0 Å². The predicted octanol–water partition coefficient (Wildman–Crippen LogP) is 3.33. The number of likely N-dealkylation sites (N-methyl/N-ethyl adjacent to an activating group) is 1. The molecule has 3 nitrogen and oxygen atoms in total. The maximum Gasteiger partial charge on any atom is 0.227 e.